The minimum atomic E-state index is -2.39. The molecule has 0 aliphatic carbocycles. The summed E-state index contributed by atoms with van der Waals surface area (Å²) in [5, 5.41) is 0. The molecule has 5 heteroatoms. The fourth-order valence-electron chi connectivity index (χ4n) is 1.80. The predicted octanol–water partition coefficient (Wildman–Crippen LogP) is 5.35. The lowest BCUT2D eigenvalue weighted by Gasteiger charge is -2.04. The van der Waals surface area contributed by atoms with Crippen molar-refractivity contribution in [3.8, 4) is 0 Å². The van der Waals surface area contributed by atoms with Gasteiger partial charge in [-0.05, 0) is 60.3 Å². The molecule has 128 valence electrons. The molecule has 0 fully saturated rings. The van der Waals surface area contributed by atoms with Gasteiger partial charge in [0.05, 0.1) is 6.61 Å². The van der Waals surface area contributed by atoms with Crippen molar-refractivity contribution in [1.82, 2.24) is 5.48 Å². The van der Waals surface area contributed by atoms with Crippen LogP contribution in [0.25, 0.3) is 0 Å². The van der Waals surface area contributed by atoms with Gasteiger partial charge in [-0.1, -0.05) is 34.9 Å². The monoisotopic (exact) mass is 329 g/mol. The van der Waals surface area contributed by atoms with E-state index in [2.05, 4.69) is 45.3 Å². The molecule has 0 saturated heterocycles. The number of hydroxylamine groups is 1. The van der Waals surface area contributed by atoms with Gasteiger partial charge in [-0.2, -0.15) is 5.48 Å². The maximum atomic E-state index is 11.1. The molecule has 1 atom stereocenters. The first-order valence-corrected chi connectivity index (χ1v) is 9.19. The number of nitrogens with one attached hydrogen (secondary N) is 1. The van der Waals surface area contributed by atoms with Crippen LogP contribution in [0.1, 0.15) is 60.3 Å². The number of hydrogen-bond acceptors (Lipinski definition) is 4. The number of allylic oxidation sites excluding steroid dienone is 5. The molecule has 4 nitrogen and oxygen atoms in total. The van der Waals surface area contributed by atoms with Crippen LogP contribution < -0.4 is 5.48 Å². The van der Waals surface area contributed by atoms with Crippen LogP contribution in [0.4, 0.5) is 0 Å². The summed E-state index contributed by atoms with van der Waals surface area (Å²) in [7, 11) is -2.39. The summed E-state index contributed by atoms with van der Waals surface area (Å²) in [6, 6.07) is 0. The van der Waals surface area contributed by atoms with Crippen molar-refractivity contribution in [2.75, 3.05) is 13.2 Å². The zero-order valence-electron chi connectivity index (χ0n) is 14.7. The number of rotatable bonds is 12. The van der Waals surface area contributed by atoms with Crippen LogP contribution in [0.3, 0.4) is 0 Å². The smallest absolute Gasteiger partial charge is 0.310 e. The molecule has 0 rings (SSSR count). The van der Waals surface area contributed by atoms with Crippen molar-refractivity contribution in [2.24, 2.45) is 0 Å². The maximum Gasteiger partial charge on any atom is 0.335 e. The third-order valence-electron chi connectivity index (χ3n) is 3.07. The summed E-state index contributed by atoms with van der Waals surface area (Å²) in [4.78, 5) is 0. The van der Waals surface area contributed by atoms with Crippen LogP contribution in [-0.2, 0) is 13.7 Å². The second-order valence-electron chi connectivity index (χ2n) is 5.59. The first-order valence-electron chi connectivity index (χ1n) is 7.96. The quantitative estimate of drug-likeness (QED) is 0.227. The molecule has 0 aromatic rings. The second-order valence-corrected chi connectivity index (χ2v) is 6.59. The lowest BCUT2D eigenvalue weighted by molar-refractivity contribution is 0.168. The molecular weight excluding hydrogens is 297 g/mol. The lowest BCUT2D eigenvalue weighted by atomic mass is 10.1. The first kappa shape index (κ1) is 21.3. The van der Waals surface area contributed by atoms with Gasteiger partial charge in [0.15, 0.2) is 0 Å². The SMILES string of the molecule is CCO[PH](=O)ONCC=C(C)CCC=C(C)CCC=C(C)C. The Bertz CT molecular complexity index is 410. The van der Waals surface area contributed by atoms with E-state index in [1.54, 1.807) is 6.92 Å². The highest BCUT2D eigenvalue weighted by Crippen LogP contribution is 2.20. The third kappa shape index (κ3) is 14.3. The van der Waals surface area contributed by atoms with Gasteiger partial charge in [-0.25, -0.2) is 4.62 Å². The van der Waals surface area contributed by atoms with Crippen LogP contribution in [0.5, 0.6) is 0 Å². The van der Waals surface area contributed by atoms with Crippen LogP contribution in [0.15, 0.2) is 34.9 Å². The molecule has 0 amide bonds. The summed E-state index contributed by atoms with van der Waals surface area (Å²) in [6.45, 7) is 11.3. The predicted molar refractivity (Wildman–Crippen MR) is 95.1 cm³/mol. The summed E-state index contributed by atoms with van der Waals surface area (Å²) < 4.78 is 20.8. The Labute approximate surface area is 136 Å². The van der Waals surface area contributed by atoms with Gasteiger partial charge in [-0.3, -0.25) is 4.57 Å². The molecule has 0 bridgehead atoms. The number of hydrogen-bond donors (Lipinski definition) is 1. The van der Waals surface area contributed by atoms with Crippen molar-refractivity contribution >= 4 is 8.25 Å². The van der Waals surface area contributed by atoms with Crippen LogP contribution in [0, 0.1) is 0 Å². The fraction of sp³-hybridized carbons (Fsp3) is 0.647. The summed E-state index contributed by atoms with van der Waals surface area (Å²) in [5.41, 5.74) is 6.77. The van der Waals surface area contributed by atoms with Crippen molar-refractivity contribution in [3.05, 3.63) is 34.9 Å². The molecule has 22 heavy (non-hydrogen) atoms. The molecule has 0 radical (unpaired) electrons. The Morgan fingerprint density at radius 2 is 1.59 bits per heavy atom. The van der Waals surface area contributed by atoms with E-state index in [4.69, 9.17) is 9.15 Å². The van der Waals surface area contributed by atoms with Gasteiger partial charge < -0.3 is 4.52 Å². The van der Waals surface area contributed by atoms with Gasteiger partial charge >= 0.3 is 8.25 Å². The van der Waals surface area contributed by atoms with Crippen LogP contribution >= 0.6 is 8.25 Å². The van der Waals surface area contributed by atoms with Gasteiger partial charge in [0, 0.05) is 6.54 Å². The van der Waals surface area contributed by atoms with Gasteiger partial charge in [0.25, 0.3) is 0 Å². The molecule has 0 aromatic carbocycles. The van der Waals surface area contributed by atoms with E-state index in [-0.39, 0.29) is 0 Å². The zero-order chi connectivity index (χ0) is 16.8. The fourth-order valence-corrected chi connectivity index (χ4v) is 2.30. The standard InChI is InChI=1S/C17H32NO3P/c1-6-20-22(19)21-18-14-13-17(5)12-8-11-16(4)10-7-9-15(2)3/h9,11,13,18,22H,6-8,10,12,14H2,1-5H3. The Morgan fingerprint density at radius 3 is 2.18 bits per heavy atom. The Kier molecular flexibility index (Phi) is 13.5. The minimum Gasteiger partial charge on any atom is -0.310 e. The molecule has 0 aliphatic rings. The van der Waals surface area contributed by atoms with E-state index < -0.39 is 8.25 Å². The highest BCUT2D eigenvalue weighted by molar-refractivity contribution is 7.33. The lowest BCUT2D eigenvalue weighted by Crippen LogP contribution is -2.10. The van der Waals surface area contributed by atoms with Crippen molar-refractivity contribution in [2.45, 2.75) is 60.3 Å². The normalized spacial score (nSPS) is 14.0. The van der Waals surface area contributed by atoms with Gasteiger partial charge in [0.2, 0.25) is 0 Å². The average Bonchev–Trinajstić information content (AvgIpc) is 2.43. The highest BCUT2D eigenvalue weighted by atomic mass is 31.1. The van der Waals surface area contributed by atoms with Crippen molar-refractivity contribution in [3.63, 3.8) is 0 Å². The van der Waals surface area contributed by atoms with E-state index >= 15 is 0 Å². The van der Waals surface area contributed by atoms with Crippen LogP contribution in [0.2, 0.25) is 0 Å². The molecule has 0 aliphatic heterocycles. The topological polar surface area (TPSA) is 47.6 Å². The van der Waals surface area contributed by atoms with E-state index in [1.807, 2.05) is 6.08 Å². The molecule has 0 aromatic heterocycles. The molecule has 0 heterocycles. The minimum absolute atomic E-state index is 0.396. The second kappa shape index (κ2) is 14.0. The molecule has 1 N–H and O–H groups in total. The Morgan fingerprint density at radius 1 is 1.00 bits per heavy atom. The largest absolute Gasteiger partial charge is 0.335 e. The van der Waals surface area contributed by atoms with E-state index in [1.165, 1.54) is 16.7 Å². The molecule has 0 saturated carbocycles. The maximum absolute atomic E-state index is 11.1. The molecule has 1 unspecified atom stereocenters. The Hall–Kier alpha value is -0.670. The van der Waals surface area contributed by atoms with Crippen molar-refractivity contribution in [1.29, 1.82) is 0 Å². The summed E-state index contributed by atoms with van der Waals surface area (Å²) in [6.07, 6.45) is 11.0. The van der Waals surface area contributed by atoms with Crippen LogP contribution in [-0.4, -0.2) is 13.2 Å². The molecular formula is C17H32NO3P. The summed E-state index contributed by atoms with van der Waals surface area (Å²) in [5.74, 6) is 0. The average molecular weight is 329 g/mol. The van der Waals surface area contributed by atoms with Crippen molar-refractivity contribution < 1.29 is 13.7 Å². The Balaban J connectivity index is 3.82. The van der Waals surface area contributed by atoms with Gasteiger partial charge in [-0.15, -0.1) is 0 Å². The highest BCUT2D eigenvalue weighted by Gasteiger charge is 1.96. The third-order valence-corrected chi connectivity index (χ3v) is 3.91. The van der Waals surface area contributed by atoms with Gasteiger partial charge in [0.1, 0.15) is 0 Å². The van der Waals surface area contributed by atoms with E-state index in [9.17, 15) is 4.57 Å². The van der Waals surface area contributed by atoms with E-state index in [0.717, 1.165) is 25.7 Å². The zero-order valence-corrected chi connectivity index (χ0v) is 15.7. The molecule has 0 spiro atoms. The first-order chi connectivity index (χ1) is 10.5. The van der Waals surface area contributed by atoms with E-state index in [0.29, 0.717) is 13.2 Å². The summed E-state index contributed by atoms with van der Waals surface area (Å²) >= 11 is 0.